The van der Waals surface area contributed by atoms with Crippen molar-refractivity contribution in [3.63, 3.8) is 0 Å². The third-order valence-corrected chi connectivity index (χ3v) is 4.01. The number of ether oxygens (including phenoxy) is 2. The summed E-state index contributed by atoms with van der Waals surface area (Å²) in [5, 5.41) is 5.10. The highest BCUT2D eigenvalue weighted by Gasteiger charge is 2.11. The quantitative estimate of drug-likeness (QED) is 0.700. The first-order valence-corrected chi connectivity index (χ1v) is 8.03. The summed E-state index contributed by atoms with van der Waals surface area (Å²) in [4.78, 5) is 12.2. The monoisotopic (exact) mass is 356 g/mol. The summed E-state index contributed by atoms with van der Waals surface area (Å²) in [5.41, 5.74) is 2.14. The molecular weight excluding hydrogens is 340 g/mol. The normalized spacial score (nSPS) is 10.5. The molecule has 0 bridgehead atoms. The van der Waals surface area contributed by atoms with Crippen LogP contribution in [0.1, 0.15) is 5.56 Å². The van der Waals surface area contributed by atoms with Crippen molar-refractivity contribution in [2.45, 2.75) is 6.54 Å². The van der Waals surface area contributed by atoms with E-state index < -0.39 is 0 Å². The number of hydrogen-bond donors (Lipinski definition) is 0. The molecule has 3 aromatic rings. The number of methoxy groups -OCH3 is 2. The third kappa shape index (κ3) is 3.83. The van der Waals surface area contributed by atoms with Crippen LogP contribution >= 0.6 is 11.6 Å². The summed E-state index contributed by atoms with van der Waals surface area (Å²) in [6.45, 7) is 0.339. The first-order valence-electron chi connectivity index (χ1n) is 7.65. The third-order valence-electron chi connectivity index (χ3n) is 3.77. The van der Waals surface area contributed by atoms with Crippen molar-refractivity contribution in [2.75, 3.05) is 14.2 Å². The molecule has 0 fully saturated rings. The highest BCUT2D eigenvalue weighted by atomic mass is 35.5. The minimum Gasteiger partial charge on any atom is -0.497 e. The molecule has 3 rings (SSSR count). The standard InChI is InChI=1S/C19H17ClN2O3/c1-24-15-6-7-16(18(11-15)25-2)17-8-9-19(23)22(21-17)12-13-4-3-5-14(20)10-13/h3-11H,12H2,1-2H3. The zero-order valence-electron chi connectivity index (χ0n) is 13.9. The van der Waals surface area contributed by atoms with Crippen LogP contribution < -0.4 is 15.0 Å². The van der Waals surface area contributed by atoms with Crippen LogP contribution in [-0.4, -0.2) is 24.0 Å². The van der Waals surface area contributed by atoms with Crippen molar-refractivity contribution in [1.29, 1.82) is 0 Å². The van der Waals surface area contributed by atoms with E-state index in [9.17, 15) is 4.79 Å². The molecule has 0 aliphatic rings. The molecule has 0 unspecified atom stereocenters. The molecule has 25 heavy (non-hydrogen) atoms. The van der Waals surface area contributed by atoms with Gasteiger partial charge in [0, 0.05) is 22.7 Å². The molecule has 0 aliphatic carbocycles. The molecule has 0 saturated carbocycles. The zero-order chi connectivity index (χ0) is 17.8. The smallest absolute Gasteiger partial charge is 0.267 e. The molecule has 1 aromatic heterocycles. The van der Waals surface area contributed by atoms with Gasteiger partial charge < -0.3 is 9.47 Å². The molecule has 128 valence electrons. The second-order valence-electron chi connectivity index (χ2n) is 5.41. The van der Waals surface area contributed by atoms with Crippen molar-refractivity contribution in [3.05, 3.63) is 75.5 Å². The highest BCUT2D eigenvalue weighted by molar-refractivity contribution is 6.30. The number of aromatic nitrogens is 2. The fraction of sp³-hybridized carbons (Fsp3) is 0.158. The molecule has 2 aromatic carbocycles. The fourth-order valence-corrected chi connectivity index (χ4v) is 2.74. The van der Waals surface area contributed by atoms with Crippen molar-refractivity contribution in [2.24, 2.45) is 0 Å². The maximum atomic E-state index is 12.2. The number of rotatable bonds is 5. The lowest BCUT2D eigenvalue weighted by Crippen LogP contribution is -2.22. The van der Waals surface area contributed by atoms with Crippen molar-refractivity contribution < 1.29 is 9.47 Å². The van der Waals surface area contributed by atoms with E-state index in [4.69, 9.17) is 21.1 Å². The van der Waals surface area contributed by atoms with Crippen LogP contribution in [0.3, 0.4) is 0 Å². The Morgan fingerprint density at radius 1 is 1.04 bits per heavy atom. The summed E-state index contributed by atoms with van der Waals surface area (Å²) in [6, 6.07) is 16.0. The summed E-state index contributed by atoms with van der Waals surface area (Å²) < 4.78 is 12.0. The lowest BCUT2D eigenvalue weighted by Gasteiger charge is -2.12. The molecule has 1 heterocycles. The number of halogens is 1. The Bertz CT molecular complexity index is 953. The predicted molar refractivity (Wildman–Crippen MR) is 97.6 cm³/mol. The Kier molecular flexibility index (Phi) is 5.05. The van der Waals surface area contributed by atoms with Crippen LogP contribution in [0.15, 0.2) is 59.4 Å². The fourth-order valence-electron chi connectivity index (χ4n) is 2.52. The van der Waals surface area contributed by atoms with E-state index in [0.717, 1.165) is 11.1 Å². The SMILES string of the molecule is COc1ccc(-c2ccc(=O)n(Cc3cccc(Cl)c3)n2)c(OC)c1. The van der Waals surface area contributed by atoms with Gasteiger partial charge in [-0.15, -0.1) is 0 Å². The van der Waals surface area contributed by atoms with Gasteiger partial charge in [-0.1, -0.05) is 23.7 Å². The van der Waals surface area contributed by atoms with Gasteiger partial charge in [-0.25, -0.2) is 4.68 Å². The van der Waals surface area contributed by atoms with E-state index in [1.807, 2.05) is 30.3 Å². The van der Waals surface area contributed by atoms with Gasteiger partial charge in [0.15, 0.2) is 0 Å². The first kappa shape index (κ1) is 17.0. The average Bonchev–Trinajstić information content (AvgIpc) is 2.63. The van der Waals surface area contributed by atoms with Crippen LogP contribution in [-0.2, 0) is 6.54 Å². The molecule has 0 N–H and O–H groups in total. The lowest BCUT2D eigenvalue weighted by molar-refractivity contribution is 0.395. The minimum absolute atomic E-state index is 0.184. The molecular formula is C19H17ClN2O3. The van der Waals surface area contributed by atoms with Crippen molar-refractivity contribution in [3.8, 4) is 22.8 Å². The van der Waals surface area contributed by atoms with Crippen LogP contribution in [0, 0.1) is 0 Å². The predicted octanol–water partition coefficient (Wildman–Crippen LogP) is 3.63. The maximum absolute atomic E-state index is 12.2. The molecule has 6 heteroatoms. The summed E-state index contributed by atoms with van der Waals surface area (Å²) in [7, 11) is 3.18. The molecule has 0 radical (unpaired) electrons. The van der Waals surface area contributed by atoms with E-state index in [0.29, 0.717) is 28.8 Å². The van der Waals surface area contributed by atoms with E-state index in [1.54, 1.807) is 32.4 Å². The average molecular weight is 357 g/mol. The van der Waals surface area contributed by atoms with E-state index in [1.165, 1.54) is 10.7 Å². The van der Waals surface area contributed by atoms with E-state index in [2.05, 4.69) is 5.10 Å². The van der Waals surface area contributed by atoms with Crippen LogP contribution in [0.25, 0.3) is 11.3 Å². The Balaban J connectivity index is 2.01. The van der Waals surface area contributed by atoms with Crippen LogP contribution in [0.4, 0.5) is 0 Å². The molecule has 0 atom stereocenters. The van der Waals surface area contributed by atoms with Crippen molar-refractivity contribution in [1.82, 2.24) is 9.78 Å². The van der Waals surface area contributed by atoms with Gasteiger partial charge in [-0.05, 0) is 35.9 Å². The maximum Gasteiger partial charge on any atom is 0.267 e. The van der Waals surface area contributed by atoms with Crippen LogP contribution in [0.2, 0.25) is 5.02 Å². The number of nitrogens with zero attached hydrogens (tertiary/aromatic N) is 2. The van der Waals surface area contributed by atoms with Crippen molar-refractivity contribution >= 4 is 11.6 Å². The number of hydrogen-bond acceptors (Lipinski definition) is 4. The van der Waals surface area contributed by atoms with E-state index in [-0.39, 0.29) is 5.56 Å². The summed E-state index contributed by atoms with van der Waals surface area (Å²) >= 11 is 6.01. The van der Waals surface area contributed by atoms with Gasteiger partial charge in [0.05, 0.1) is 26.5 Å². The van der Waals surface area contributed by atoms with Gasteiger partial charge in [-0.3, -0.25) is 4.79 Å². The molecule has 0 amide bonds. The van der Waals surface area contributed by atoms with Gasteiger partial charge in [0.25, 0.3) is 5.56 Å². The second-order valence-corrected chi connectivity index (χ2v) is 5.85. The highest BCUT2D eigenvalue weighted by Crippen LogP contribution is 2.31. The molecule has 0 saturated heterocycles. The summed E-state index contributed by atoms with van der Waals surface area (Å²) in [5.74, 6) is 1.31. The van der Waals surface area contributed by atoms with Gasteiger partial charge >= 0.3 is 0 Å². The Morgan fingerprint density at radius 3 is 2.60 bits per heavy atom. The van der Waals surface area contributed by atoms with E-state index >= 15 is 0 Å². The molecule has 0 spiro atoms. The molecule has 0 aliphatic heterocycles. The summed E-state index contributed by atoms with van der Waals surface area (Å²) in [6.07, 6.45) is 0. The Labute approximate surface area is 150 Å². The molecule has 5 nitrogen and oxygen atoms in total. The van der Waals surface area contributed by atoms with Crippen LogP contribution in [0.5, 0.6) is 11.5 Å². The number of benzene rings is 2. The lowest BCUT2D eigenvalue weighted by atomic mass is 10.1. The van der Waals surface area contributed by atoms with Gasteiger partial charge in [0.1, 0.15) is 11.5 Å². The Hall–Kier alpha value is -2.79. The first-order chi connectivity index (χ1) is 12.1. The Morgan fingerprint density at radius 2 is 1.88 bits per heavy atom. The largest absolute Gasteiger partial charge is 0.497 e. The van der Waals surface area contributed by atoms with Gasteiger partial charge in [-0.2, -0.15) is 5.10 Å². The topological polar surface area (TPSA) is 53.4 Å². The van der Waals surface area contributed by atoms with Gasteiger partial charge in [0.2, 0.25) is 0 Å². The minimum atomic E-state index is -0.184. The second kappa shape index (κ2) is 7.40. The zero-order valence-corrected chi connectivity index (χ0v) is 14.7.